The molecular formula is C16H21N3OS. The van der Waals surface area contributed by atoms with Gasteiger partial charge in [-0.3, -0.25) is 4.99 Å². The van der Waals surface area contributed by atoms with Gasteiger partial charge in [-0.25, -0.2) is 0 Å². The van der Waals surface area contributed by atoms with E-state index in [4.69, 9.17) is 4.42 Å². The monoisotopic (exact) mass is 303 g/mol. The van der Waals surface area contributed by atoms with Gasteiger partial charge in [-0.15, -0.1) is 11.8 Å². The molecule has 1 aromatic heterocycles. The predicted octanol–water partition coefficient (Wildman–Crippen LogP) is 3.13. The Morgan fingerprint density at radius 3 is 2.71 bits per heavy atom. The zero-order valence-corrected chi connectivity index (χ0v) is 13.0. The topological polar surface area (TPSA) is 49.6 Å². The number of guanidine groups is 1. The lowest BCUT2D eigenvalue weighted by Gasteiger charge is -2.10. The minimum absolute atomic E-state index is 0.644. The van der Waals surface area contributed by atoms with Crippen molar-refractivity contribution < 1.29 is 4.42 Å². The maximum absolute atomic E-state index is 5.27. The summed E-state index contributed by atoms with van der Waals surface area (Å²) in [5.74, 6) is 2.79. The Balaban J connectivity index is 1.58. The third kappa shape index (κ3) is 5.95. The second-order valence-electron chi connectivity index (χ2n) is 4.45. The second-order valence-corrected chi connectivity index (χ2v) is 5.62. The van der Waals surface area contributed by atoms with Gasteiger partial charge in [-0.05, 0) is 36.4 Å². The summed E-state index contributed by atoms with van der Waals surface area (Å²) in [5, 5.41) is 6.52. The van der Waals surface area contributed by atoms with Crippen LogP contribution in [-0.2, 0) is 6.54 Å². The molecular weight excluding hydrogens is 282 g/mol. The molecule has 2 rings (SSSR count). The summed E-state index contributed by atoms with van der Waals surface area (Å²) in [5.41, 5.74) is 0. The summed E-state index contributed by atoms with van der Waals surface area (Å²) < 4.78 is 5.27. The fourth-order valence-corrected chi connectivity index (χ4v) is 2.66. The molecule has 2 aromatic rings. The third-order valence-electron chi connectivity index (χ3n) is 2.86. The number of hydrogen-bond donors (Lipinski definition) is 2. The molecule has 0 radical (unpaired) electrons. The lowest BCUT2D eigenvalue weighted by molar-refractivity contribution is 0.501. The second kappa shape index (κ2) is 9.13. The van der Waals surface area contributed by atoms with E-state index in [9.17, 15) is 0 Å². The molecule has 0 spiro atoms. The van der Waals surface area contributed by atoms with Gasteiger partial charge in [0.25, 0.3) is 0 Å². The minimum atomic E-state index is 0.644. The van der Waals surface area contributed by atoms with Crippen LogP contribution in [0, 0.1) is 0 Å². The highest BCUT2D eigenvalue weighted by Crippen LogP contribution is 2.17. The molecule has 0 fully saturated rings. The van der Waals surface area contributed by atoms with Crippen LogP contribution in [0.2, 0.25) is 0 Å². The SMILES string of the molecule is CN=C(NCCCSc1ccccc1)NCc1ccco1. The molecule has 0 saturated carbocycles. The Morgan fingerprint density at radius 1 is 1.14 bits per heavy atom. The van der Waals surface area contributed by atoms with Crippen molar-refractivity contribution in [1.29, 1.82) is 0 Å². The Labute approximate surface area is 130 Å². The molecule has 112 valence electrons. The van der Waals surface area contributed by atoms with Crippen LogP contribution in [0.25, 0.3) is 0 Å². The van der Waals surface area contributed by atoms with Crippen LogP contribution in [0.1, 0.15) is 12.2 Å². The molecule has 4 nitrogen and oxygen atoms in total. The predicted molar refractivity (Wildman–Crippen MR) is 88.7 cm³/mol. The van der Waals surface area contributed by atoms with E-state index < -0.39 is 0 Å². The van der Waals surface area contributed by atoms with Gasteiger partial charge in [0.1, 0.15) is 5.76 Å². The van der Waals surface area contributed by atoms with Crippen molar-refractivity contribution in [2.24, 2.45) is 4.99 Å². The fraction of sp³-hybridized carbons (Fsp3) is 0.312. The number of nitrogens with one attached hydrogen (secondary N) is 2. The molecule has 1 heterocycles. The number of hydrogen-bond acceptors (Lipinski definition) is 3. The highest BCUT2D eigenvalue weighted by molar-refractivity contribution is 7.99. The molecule has 0 unspecified atom stereocenters. The standard InChI is InChI=1S/C16H21N3OS/c1-17-16(19-13-14-7-5-11-20-14)18-10-6-12-21-15-8-3-2-4-9-15/h2-5,7-9,11H,6,10,12-13H2,1H3,(H2,17,18,19). The lowest BCUT2D eigenvalue weighted by atomic mass is 10.4. The first-order valence-electron chi connectivity index (χ1n) is 7.03. The van der Waals surface area contributed by atoms with Crippen molar-refractivity contribution in [3.8, 4) is 0 Å². The molecule has 5 heteroatoms. The number of benzene rings is 1. The van der Waals surface area contributed by atoms with Crippen molar-refractivity contribution in [2.45, 2.75) is 17.9 Å². The minimum Gasteiger partial charge on any atom is -0.467 e. The van der Waals surface area contributed by atoms with Gasteiger partial charge in [-0.1, -0.05) is 18.2 Å². The van der Waals surface area contributed by atoms with Gasteiger partial charge >= 0.3 is 0 Å². The van der Waals surface area contributed by atoms with Crippen LogP contribution < -0.4 is 10.6 Å². The molecule has 2 N–H and O–H groups in total. The zero-order valence-electron chi connectivity index (χ0n) is 12.2. The molecule has 0 amide bonds. The maximum atomic E-state index is 5.27. The first-order valence-corrected chi connectivity index (χ1v) is 8.02. The van der Waals surface area contributed by atoms with E-state index in [1.807, 2.05) is 30.0 Å². The molecule has 0 atom stereocenters. The molecule has 1 aromatic carbocycles. The van der Waals surface area contributed by atoms with Gasteiger partial charge < -0.3 is 15.1 Å². The van der Waals surface area contributed by atoms with Gasteiger partial charge in [-0.2, -0.15) is 0 Å². The van der Waals surface area contributed by atoms with E-state index in [0.29, 0.717) is 6.54 Å². The van der Waals surface area contributed by atoms with Crippen LogP contribution >= 0.6 is 11.8 Å². The number of furan rings is 1. The first kappa shape index (κ1) is 15.5. The van der Waals surface area contributed by atoms with Crippen LogP contribution in [0.5, 0.6) is 0 Å². The summed E-state index contributed by atoms with van der Waals surface area (Å²) in [4.78, 5) is 5.51. The summed E-state index contributed by atoms with van der Waals surface area (Å²) in [7, 11) is 1.77. The molecule has 21 heavy (non-hydrogen) atoms. The lowest BCUT2D eigenvalue weighted by Crippen LogP contribution is -2.37. The van der Waals surface area contributed by atoms with Crippen LogP contribution in [-0.4, -0.2) is 25.3 Å². The Bertz CT molecular complexity index is 526. The van der Waals surface area contributed by atoms with Crippen LogP contribution in [0.3, 0.4) is 0 Å². The highest BCUT2D eigenvalue weighted by atomic mass is 32.2. The largest absolute Gasteiger partial charge is 0.467 e. The number of rotatable bonds is 7. The third-order valence-corrected chi connectivity index (χ3v) is 3.96. The van der Waals surface area contributed by atoms with Gasteiger partial charge in [0.05, 0.1) is 12.8 Å². The molecule has 0 aliphatic carbocycles. The number of nitrogens with zero attached hydrogens (tertiary/aromatic N) is 1. The Morgan fingerprint density at radius 2 is 2.00 bits per heavy atom. The average Bonchev–Trinajstić information content (AvgIpc) is 3.04. The van der Waals surface area contributed by atoms with Gasteiger partial charge in [0, 0.05) is 18.5 Å². The molecule has 0 bridgehead atoms. The van der Waals surface area contributed by atoms with Crippen LogP contribution in [0.15, 0.2) is 63.0 Å². The van der Waals surface area contributed by atoms with Gasteiger partial charge in [0.2, 0.25) is 0 Å². The summed E-state index contributed by atoms with van der Waals surface area (Å²) in [6.45, 7) is 1.54. The quantitative estimate of drug-likeness (QED) is 0.357. The number of thioether (sulfide) groups is 1. The normalized spacial score (nSPS) is 11.4. The smallest absolute Gasteiger partial charge is 0.191 e. The van der Waals surface area contributed by atoms with E-state index in [1.165, 1.54) is 4.90 Å². The van der Waals surface area contributed by atoms with E-state index >= 15 is 0 Å². The highest BCUT2D eigenvalue weighted by Gasteiger charge is 1.99. The van der Waals surface area contributed by atoms with Crippen molar-refractivity contribution in [3.05, 3.63) is 54.5 Å². The molecule has 0 aliphatic rings. The molecule has 0 saturated heterocycles. The number of aliphatic imine (C=N–C) groups is 1. The van der Waals surface area contributed by atoms with E-state index in [2.05, 4.69) is 39.9 Å². The van der Waals surface area contributed by atoms with E-state index in [0.717, 1.165) is 30.4 Å². The van der Waals surface area contributed by atoms with Crippen molar-refractivity contribution in [1.82, 2.24) is 10.6 Å². The summed E-state index contributed by atoms with van der Waals surface area (Å²) in [6, 6.07) is 14.3. The average molecular weight is 303 g/mol. The zero-order chi connectivity index (χ0) is 14.8. The van der Waals surface area contributed by atoms with E-state index in [-0.39, 0.29) is 0 Å². The molecule has 0 aliphatic heterocycles. The summed E-state index contributed by atoms with van der Waals surface area (Å²) >= 11 is 1.88. The fourth-order valence-electron chi connectivity index (χ4n) is 1.79. The van der Waals surface area contributed by atoms with Crippen molar-refractivity contribution in [3.63, 3.8) is 0 Å². The van der Waals surface area contributed by atoms with Crippen LogP contribution in [0.4, 0.5) is 0 Å². The maximum Gasteiger partial charge on any atom is 0.191 e. The van der Waals surface area contributed by atoms with E-state index in [1.54, 1.807) is 13.3 Å². The first-order chi connectivity index (χ1) is 10.4. The summed E-state index contributed by atoms with van der Waals surface area (Å²) in [6.07, 6.45) is 2.76. The van der Waals surface area contributed by atoms with Gasteiger partial charge in [0.15, 0.2) is 5.96 Å². The Hall–Kier alpha value is -1.88. The van der Waals surface area contributed by atoms with Crippen molar-refractivity contribution >= 4 is 17.7 Å². The Kier molecular flexibility index (Phi) is 6.74. The van der Waals surface area contributed by atoms with Crippen molar-refractivity contribution in [2.75, 3.05) is 19.3 Å².